The zero-order valence-electron chi connectivity index (χ0n) is 7.89. The van der Waals surface area contributed by atoms with Gasteiger partial charge in [-0.1, -0.05) is 34.1 Å². The fourth-order valence-corrected chi connectivity index (χ4v) is 1.03. The van der Waals surface area contributed by atoms with Crippen molar-refractivity contribution in [3.63, 3.8) is 0 Å². The molecule has 0 radical (unpaired) electrons. The maximum absolute atomic E-state index is 10.1. The molecule has 0 aliphatic heterocycles. The van der Waals surface area contributed by atoms with Gasteiger partial charge in [-0.3, -0.25) is 4.79 Å². The van der Waals surface area contributed by atoms with E-state index in [0.717, 1.165) is 12.8 Å². The van der Waals surface area contributed by atoms with Crippen LogP contribution in [0.1, 0.15) is 40.5 Å². The molecule has 0 fully saturated rings. The average Bonchev–Trinajstić information content (AvgIpc) is 1.85. The summed E-state index contributed by atoms with van der Waals surface area (Å²) in [6.45, 7) is 8.88. The average molecular weight is 158 g/mol. The maximum Gasteiger partial charge on any atom is 0.293 e. The van der Waals surface area contributed by atoms with Crippen molar-refractivity contribution in [2.24, 2.45) is 5.41 Å². The van der Waals surface area contributed by atoms with Crippen LogP contribution in [0.5, 0.6) is 0 Å². The fourth-order valence-electron chi connectivity index (χ4n) is 1.03. The molecule has 0 heterocycles. The van der Waals surface area contributed by atoms with Gasteiger partial charge in [0.25, 0.3) is 6.47 Å². The SMILES string of the molecule is CCCC(OC=O)C(C)(C)C. The molecule has 2 nitrogen and oxygen atoms in total. The molecule has 1 unspecified atom stereocenters. The highest BCUT2D eigenvalue weighted by atomic mass is 16.5. The van der Waals surface area contributed by atoms with E-state index in [9.17, 15) is 4.79 Å². The zero-order chi connectivity index (χ0) is 8.91. The summed E-state index contributed by atoms with van der Waals surface area (Å²) >= 11 is 0. The van der Waals surface area contributed by atoms with Gasteiger partial charge < -0.3 is 4.74 Å². The van der Waals surface area contributed by atoms with Crippen LogP contribution in [0.4, 0.5) is 0 Å². The van der Waals surface area contributed by atoms with Crippen molar-refractivity contribution in [2.45, 2.75) is 46.6 Å². The Kier molecular flexibility index (Phi) is 4.16. The lowest BCUT2D eigenvalue weighted by Crippen LogP contribution is -2.28. The monoisotopic (exact) mass is 158 g/mol. The van der Waals surface area contributed by atoms with Gasteiger partial charge in [0.2, 0.25) is 0 Å². The second kappa shape index (κ2) is 4.37. The second-order valence-electron chi connectivity index (χ2n) is 3.88. The third kappa shape index (κ3) is 4.02. The van der Waals surface area contributed by atoms with Crippen LogP contribution in [0, 0.1) is 5.41 Å². The van der Waals surface area contributed by atoms with E-state index in [4.69, 9.17) is 4.74 Å². The van der Waals surface area contributed by atoms with E-state index in [0.29, 0.717) is 6.47 Å². The molecule has 0 aromatic carbocycles. The summed E-state index contributed by atoms with van der Waals surface area (Å²) in [6.07, 6.45) is 2.06. The lowest BCUT2D eigenvalue weighted by molar-refractivity contribution is -0.139. The second-order valence-corrected chi connectivity index (χ2v) is 3.88. The van der Waals surface area contributed by atoms with Crippen molar-refractivity contribution in [1.82, 2.24) is 0 Å². The molecule has 0 amide bonds. The molecule has 0 rings (SSSR count). The van der Waals surface area contributed by atoms with Crippen LogP contribution in [0.15, 0.2) is 0 Å². The molecule has 0 spiro atoms. The Morgan fingerprint density at radius 3 is 2.27 bits per heavy atom. The quantitative estimate of drug-likeness (QED) is 0.587. The molecule has 0 aliphatic rings. The van der Waals surface area contributed by atoms with Gasteiger partial charge in [0.15, 0.2) is 0 Å². The normalized spacial score (nSPS) is 14.2. The zero-order valence-corrected chi connectivity index (χ0v) is 7.89. The van der Waals surface area contributed by atoms with Gasteiger partial charge in [-0.2, -0.15) is 0 Å². The van der Waals surface area contributed by atoms with E-state index in [1.807, 2.05) is 0 Å². The molecule has 0 bridgehead atoms. The number of ether oxygens (including phenoxy) is 1. The van der Waals surface area contributed by atoms with Gasteiger partial charge in [-0.25, -0.2) is 0 Å². The third-order valence-corrected chi connectivity index (χ3v) is 1.74. The number of hydrogen-bond donors (Lipinski definition) is 0. The molecule has 11 heavy (non-hydrogen) atoms. The van der Waals surface area contributed by atoms with Crippen LogP contribution in [-0.2, 0) is 9.53 Å². The van der Waals surface area contributed by atoms with Crippen molar-refractivity contribution in [3.8, 4) is 0 Å². The summed E-state index contributed by atoms with van der Waals surface area (Å²) in [4.78, 5) is 10.1. The van der Waals surface area contributed by atoms with Gasteiger partial charge in [0, 0.05) is 0 Å². The van der Waals surface area contributed by atoms with Crippen molar-refractivity contribution in [3.05, 3.63) is 0 Å². The molecule has 0 saturated heterocycles. The van der Waals surface area contributed by atoms with Crippen LogP contribution in [0.25, 0.3) is 0 Å². The first-order valence-corrected chi connectivity index (χ1v) is 4.11. The molecular formula is C9H18O2. The largest absolute Gasteiger partial charge is 0.464 e. The van der Waals surface area contributed by atoms with Crippen molar-refractivity contribution >= 4 is 6.47 Å². The first-order chi connectivity index (χ1) is 5.02. The Bertz CT molecular complexity index is 113. The first-order valence-electron chi connectivity index (χ1n) is 4.11. The minimum Gasteiger partial charge on any atom is -0.464 e. The van der Waals surface area contributed by atoms with E-state index < -0.39 is 0 Å². The topological polar surface area (TPSA) is 26.3 Å². The Balaban J connectivity index is 3.97. The molecule has 0 saturated carbocycles. The highest BCUT2D eigenvalue weighted by molar-refractivity contribution is 5.37. The van der Waals surface area contributed by atoms with Gasteiger partial charge in [-0.15, -0.1) is 0 Å². The number of rotatable bonds is 4. The highest BCUT2D eigenvalue weighted by Crippen LogP contribution is 2.25. The minimum absolute atomic E-state index is 0.0602. The van der Waals surface area contributed by atoms with Crippen LogP contribution >= 0.6 is 0 Å². The summed E-state index contributed by atoms with van der Waals surface area (Å²) in [5, 5.41) is 0. The van der Waals surface area contributed by atoms with Gasteiger partial charge in [-0.05, 0) is 11.8 Å². The first kappa shape index (κ1) is 10.5. The van der Waals surface area contributed by atoms with Crippen molar-refractivity contribution < 1.29 is 9.53 Å². The van der Waals surface area contributed by atoms with E-state index >= 15 is 0 Å². The molecule has 2 heteroatoms. The summed E-state index contributed by atoms with van der Waals surface area (Å²) in [5.74, 6) is 0. The summed E-state index contributed by atoms with van der Waals surface area (Å²) in [6, 6.07) is 0. The minimum atomic E-state index is 0.0602. The highest BCUT2D eigenvalue weighted by Gasteiger charge is 2.24. The van der Waals surface area contributed by atoms with E-state index in [1.165, 1.54) is 0 Å². The van der Waals surface area contributed by atoms with Gasteiger partial charge >= 0.3 is 0 Å². The predicted octanol–water partition coefficient (Wildman–Crippen LogP) is 2.37. The molecule has 1 atom stereocenters. The number of carbonyl (C=O) groups excluding carboxylic acids is 1. The molecule has 0 N–H and O–H groups in total. The Hall–Kier alpha value is -0.530. The Morgan fingerprint density at radius 1 is 1.45 bits per heavy atom. The molecule has 0 aromatic heterocycles. The predicted molar refractivity (Wildman–Crippen MR) is 45.3 cm³/mol. The van der Waals surface area contributed by atoms with Crippen LogP contribution in [0.3, 0.4) is 0 Å². The maximum atomic E-state index is 10.1. The van der Waals surface area contributed by atoms with E-state index in [-0.39, 0.29) is 11.5 Å². The van der Waals surface area contributed by atoms with Crippen LogP contribution < -0.4 is 0 Å². The van der Waals surface area contributed by atoms with Crippen LogP contribution in [-0.4, -0.2) is 12.6 Å². The summed E-state index contributed by atoms with van der Waals surface area (Å²) in [5.41, 5.74) is 0.0664. The number of carbonyl (C=O) groups is 1. The third-order valence-electron chi connectivity index (χ3n) is 1.74. The molecular weight excluding hydrogens is 140 g/mol. The van der Waals surface area contributed by atoms with Crippen molar-refractivity contribution in [2.75, 3.05) is 0 Å². The smallest absolute Gasteiger partial charge is 0.293 e. The van der Waals surface area contributed by atoms with Crippen molar-refractivity contribution in [1.29, 1.82) is 0 Å². The summed E-state index contributed by atoms with van der Waals surface area (Å²) < 4.78 is 4.97. The van der Waals surface area contributed by atoms with Gasteiger partial charge in [0.1, 0.15) is 6.10 Å². The Morgan fingerprint density at radius 2 is 2.00 bits per heavy atom. The molecule has 0 aliphatic carbocycles. The molecule has 0 aromatic rings. The summed E-state index contributed by atoms with van der Waals surface area (Å²) in [7, 11) is 0. The van der Waals surface area contributed by atoms with E-state index in [2.05, 4.69) is 27.7 Å². The fraction of sp³-hybridized carbons (Fsp3) is 0.889. The lowest BCUT2D eigenvalue weighted by atomic mass is 9.86. The van der Waals surface area contributed by atoms with E-state index in [1.54, 1.807) is 0 Å². The lowest BCUT2D eigenvalue weighted by Gasteiger charge is -2.28. The Labute approximate surface area is 68.9 Å². The number of hydrogen-bond acceptors (Lipinski definition) is 2. The molecule has 66 valence electrons. The van der Waals surface area contributed by atoms with Gasteiger partial charge in [0.05, 0.1) is 0 Å². The standard InChI is InChI=1S/C9H18O2/c1-5-6-8(11-7-10)9(2,3)4/h7-8H,5-6H2,1-4H3. The van der Waals surface area contributed by atoms with Crippen LogP contribution in [0.2, 0.25) is 0 Å².